The van der Waals surface area contributed by atoms with Gasteiger partial charge in [-0.15, -0.1) is 0 Å². The normalized spacial score (nSPS) is 24.8. The average molecular weight is 288 g/mol. The maximum absolute atomic E-state index is 12.8. The first-order chi connectivity index (χ1) is 10.1. The number of fused-ring (bicyclic) bond motifs is 1. The number of nitrogens with zero attached hydrogens (tertiary/aromatic N) is 2. The minimum Gasteiger partial charge on any atom is -0.480 e. The zero-order valence-corrected chi connectivity index (χ0v) is 12.2. The smallest absolute Gasteiger partial charge is 0.326 e. The van der Waals surface area contributed by atoms with Gasteiger partial charge in [-0.3, -0.25) is 4.90 Å². The van der Waals surface area contributed by atoms with Crippen molar-refractivity contribution >= 4 is 17.7 Å². The van der Waals surface area contributed by atoms with Gasteiger partial charge in [0.25, 0.3) is 0 Å². The molecule has 2 heterocycles. The van der Waals surface area contributed by atoms with E-state index in [9.17, 15) is 14.7 Å². The molecule has 2 aliphatic rings. The van der Waals surface area contributed by atoms with Crippen molar-refractivity contribution in [3.8, 4) is 0 Å². The van der Waals surface area contributed by atoms with Crippen LogP contribution in [0.1, 0.15) is 25.3 Å². The van der Waals surface area contributed by atoms with Crippen molar-refractivity contribution in [2.75, 3.05) is 18.0 Å². The lowest BCUT2D eigenvalue weighted by atomic mass is 9.92. The topological polar surface area (TPSA) is 60.9 Å². The third kappa shape index (κ3) is 2.48. The Bertz CT molecular complexity index is 572. The lowest BCUT2D eigenvalue weighted by Gasteiger charge is -2.38. The highest BCUT2D eigenvalue weighted by Crippen LogP contribution is 2.31. The summed E-state index contributed by atoms with van der Waals surface area (Å²) in [5, 5.41) is 9.40. The Kier molecular flexibility index (Phi) is 3.57. The van der Waals surface area contributed by atoms with Gasteiger partial charge in [-0.05, 0) is 36.8 Å². The van der Waals surface area contributed by atoms with Gasteiger partial charge >= 0.3 is 12.0 Å². The van der Waals surface area contributed by atoms with E-state index in [2.05, 4.69) is 0 Å². The minimum atomic E-state index is -0.901. The highest BCUT2D eigenvalue weighted by Gasteiger charge is 2.38. The van der Waals surface area contributed by atoms with Gasteiger partial charge in [0, 0.05) is 18.8 Å². The van der Waals surface area contributed by atoms with Crippen molar-refractivity contribution < 1.29 is 14.7 Å². The number of amides is 2. The number of rotatable bonds is 1. The molecule has 0 bridgehead atoms. The number of anilines is 1. The summed E-state index contributed by atoms with van der Waals surface area (Å²) in [6.45, 7) is 3.20. The summed E-state index contributed by atoms with van der Waals surface area (Å²) < 4.78 is 0. The molecule has 5 heteroatoms. The maximum atomic E-state index is 12.8. The van der Waals surface area contributed by atoms with Crippen LogP contribution in [-0.2, 0) is 11.2 Å². The fourth-order valence-electron chi connectivity index (χ4n) is 3.30. The van der Waals surface area contributed by atoms with Crippen molar-refractivity contribution in [3.63, 3.8) is 0 Å². The summed E-state index contributed by atoms with van der Waals surface area (Å²) in [6, 6.07) is 6.97. The largest absolute Gasteiger partial charge is 0.480 e. The van der Waals surface area contributed by atoms with E-state index in [-0.39, 0.29) is 6.03 Å². The van der Waals surface area contributed by atoms with Gasteiger partial charge in [0.15, 0.2) is 0 Å². The van der Waals surface area contributed by atoms with Crippen molar-refractivity contribution in [2.24, 2.45) is 5.92 Å². The van der Waals surface area contributed by atoms with Crippen molar-refractivity contribution in [1.82, 2.24) is 4.90 Å². The number of para-hydroxylation sites is 1. The van der Waals surface area contributed by atoms with E-state index in [1.807, 2.05) is 31.2 Å². The fourth-order valence-corrected chi connectivity index (χ4v) is 3.30. The minimum absolute atomic E-state index is 0.167. The highest BCUT2D eigenvalue weighted by molar-refractivity contribution is 5.96. The molecule has 0 aliphatic carbocycles. The molecule has 21 heavy (non-hydrogen) atoms. The van der Waals surface area contributed by atoms with E-state index in [4.69, 9.17) is 0 Å². The Morgan fingerprint density at radius 2 is 2.00 bits per heavy atom. The second kappa shape index (κ2) is 5.39. The molecule has 2 unspecified atom stereocenters. The van der Waals surface area contributed by atoms with Crippen molar-refractivity contribution in [2.45, 2.75) is 32.2 Å². The van der Waals surface area contributed by atoms with E-state index >= 15 is 0 Å². The van der Waals surface area contributed by atoms with Crippen LogP contribution in [0.5, 0.6) is 0 Å². The molecule has 0 saturated carbocycles. The van der Waals surface area contributed by atoms with Crippen LogP contribution in [0.15, 0.2) is 24.3 Å². The van der Waals surface area contributed by atoms with Crippen molar-refractivity contribution in [3.05, 3.63) is 29.8 Å². The Balaban J connectivity index is 1.83. The monoisotopic (exact) mass is 288 g/mol. The molecule has 1 N–H and O–H groups in total. The number of carboxylic acids is 1. The van der Waals surface area contributed by atoms with Crippen LogP contribution in [0, 0.1) is 5.92 Å². The molecule has 0 spiro atoms. The molecule has 112 valence electrons. The molecular weight excluding hydrogens is 268 g/mol. The number of likely N-dealkylation sites (tertiary alicyclic amines) is 1. The first-order valence-electron chi connectivity index (χ1n) is 7.47. The molecule has 2 atom stereocenters. The quantitative estimate of drug-likeness (QED) is 0.863. The zero-order chi connectivity index (χ0) is 15.0. The summed E-state index contributed by atoms with van der Waals surface area (Å²) in [6.07, 6.45) is 2.24. The number of hydrogen-bond acceptors (Lipinski definition) is 2. The van der Waals surface area contributed by atoms with E-state index in [0.717, 1.165) is 24.1 Å². The highest BCUT2D eigenvalue weighted by atomic mass is 16.4. The lowest BCUT2D eigenvalue weighted by Crippen LogP contribution is -2.54. The maximum Gasteiger partial charge on any atom is 0.326 e. The van der Waals surface area contributed by atoms with Gasteiger partial charge in [-0.2, -0.15) is 0 Å². The van der Waals surface area contributed by atoms with E-state index in [1.54, 1.807) is 4.90 Å². The average Bonchev–Trinajstić information content (AvgIpc) is 2.90. The Labute approximate surface area is 124 Å². The number of benzene rings is 1. The van der Waals surface area contributed by atoms with Crippen LogP contribution in [-0.4, -0.2) is 41.1 Å². The predicted molar refractivity (Wildman–Crippen MR) is 79.4 cm³/mol. The van der Waals surface area contributed by atoms with E-state index < -0.39 is 12.0 Å². The number of hydrogen-bond donors (Lipinski definition) is 1. The standard InChI is InChI=1S/C16H20N2O3/c1-11-6-8-18(14(10-11)15(19)20)16(21)17-9-7-12-4-2-3-5-13(12)17/h2-5,11,14H,6-10H2,1H3,(H,19,20). The molecule has 2 aliphatic heterocycles. The lowest BCUT2D eigenvalue weighted by molar-refractivity contribution is -0.143. The van der Waals surface area contributed by atoms with Gasteiger partial charge in [0.2, 0.25) is 0 Å². The molecule has 3 rings (SSSR count). The number of urea groups is 1. The molecule has 2 amide bonds. The van der Waals surface area contributed by atoms with Gasteiger partial charge in [0.1, 0.15) is 6.04 Å². The molecule has 0 radical (unpaired) electrons. The second-order valence-electron chi connectivity index (χ2n) is 5.99. The summed E-state index contributed by atoms with van der Waals surface area (Å²) in [4.78, 5) is 27.5. The first-order valence-corrected chi connectivity index (χ1v) is 7.47. The van der Waals surface area contributed by atoms with Crippen LogP contribution in [0.2, 0.25) is 0 Å². The summed E-state index contributed by atoms with van der Waals surface area (Å²) in [5.74, 6) is -0.552. The molecule has 0 aromatic heterocycles. The Morgan fingerprint density at radius 1 is 1.24 bits per heavy atom. The first kappa shape index (κ1) is 13.9. The zero-order valence-electron chi connectivity index (χ0n) is 12.2. The van der Waals surface area contributed by atoms with Crippen LogP contribution < -0.4 is 4.90 Å². The van der Waals surface area contributed by atoms with Crippen LogP contribution in [0.3, 0.4) is 0 Å². The Hall–Kier alpha value is -2.04. The molecular formula is C16H20N2O3. The van der Waals surface area contributed by atoms with Gasteiger partial charge in [-0.25, -0.2) is 9.59 Å². The third-order valence-corrected chi connectivity index (χ3v) is 4.51. The van der Waals surface area contributed by atoms with E-state index in [1.165, 1.54) is 4.90 Å². The summed E-state index contributed by atoms with van der Waals surface area (Å²) in [5.41, 5.74) is 2.08. The number of piperidine rings is 1. The summed E-state index contributed by atoms with van der Waals surface area (Å²) >= 11 is 0. The number of carboxylic acid groups (broad SMARTS) is 1. The van der Waals surface area contributed by atoms with E-state index in [0.29, 0.717) is 25.4 Å². The van der Waals surface area contributed by atoms with Crippen LogP contribution >= 0.6 is 0 Å². The summed E-state index contributed by atoms with van der Waals surface area (Å²) in [7, 11) is 0. The van der Waals surface area contributed by atoms with Gasteiger partial charge in [-0.1, -0.05) is 25.1 Å². The Morgan fingerprint density at radius 3 is 2.76 bits per heavy atom. The van der Waals surface area contributed by atoms with Crippen molar-refractivity contribution in [1.29, 1.82) is 0 Å². The van der Waals surface area contributed by atoms with Crippen LogP contribution in [0.4, 0.5) is 10.5 Å². The number of aliphatic carboxylic acids is 1. The number of carbonyl (C=O) groups excluding carboxylic acids is 1. The third-order valence-electron chi connectivity index (χ3n) is 4.51. The second-order valence-corrected chi connectivity index (χ2v) is 5.99. The fraction of sp³-hybridized carbons (Fsp3) is 0.500. The number of carbonyl (C=O) groups is 2. The molecule has 1 aromatic carbocycles. The molecule has 1 aromatic rings. The predicted octanol–water partition coefficient (Wildman–Crippen LogP) is 2.35. The van der Waals surface area contributed by atoms with Gasteiger partial charge in [0.05, 0.1) is 0 Å². The SMILES string of the molecule is CC1CCN(C(=O)N2CCc3ccccc32)C(C(=O)O)C1. The molecule has 1 saturated heterocycles. The molecule has 5 nitrogen and oxygen atoms in total. The molecule has 1 fully saturated rings. The van der Waals surface area contributed by atoms with Gasteiger partial charge < -0.3 is 10.0 Å². The van der Waals surface area contributed by atoms with Crippen LogP contribution in [0.25, 0.3) is 0 Å².